The molecule has 0 aromatic carbocycles. The third-order valence-corrected chi connectivity index (χ3v) is 4.49. The Kier molecular flexibility index (Phi) is 4.29. The lowest BCUT2D eigenvalue weighted by molar-refractivity contribution is 0.126. The maximum Gasteiger partial charge on any atom is 0.136 e. The fourth-order valence-electron chi connectivity index (χ4n) is 2.95. The number of hydrogen-bond acceptors (Lipinski definition) is 5. The third kappa shape index (κ3) is 3.46. The van der Waals surface area contributed by atoms with E-state index in [1.54, 1.807) is 0 Å². The largest absolute Gasteiger partial charge is 0.393 e. The first-order valence-corrected chi connectivity index (χ1v) is 8.24. The summed E-state index contributed by atoms with van der Waals surface area (Å²) < 4.78 is 0. The Labute approximate surface area is 126 Å². The Bertz CT molecular complexity index is 493. The molecule has 2 saturated carbocycles. The van der Waals surface area contributed by atoms with Gasteiger partial charge in [-0.25, -0.2) is 9.97 Å². The fourth-order valence-corrected chi connectivity index (χ4v) is 2.95. The summed E-state index contributed by atoms with van der Waals surface area (Å²) in [6.45, 7) is 5.04. The summed E-state index contributed by atoms with van der Waals surface area (Å²) in [7, 11) is 0. The Morgan fingerprint density at radius 2 is 1.71 bits per heavy atom. The minimum absolute atomic E-state index is 0.117. The van der Waals surface area contributed by atoms with Crippen molar-refractivity contribution in [2.24, 2.45) is 0 Å². The molecule has 0 spiro atoms. The van der Waals surface area contributed by atoms with Crippen LogP contribution < -0.4 is 10.6 Å². The first-order valence-electron chi connectivity index (χ1n) is 8.24. The van der Waals surface area contributed by atoms with Gasteiger partial charge in [-0.05, 0) is 52.4 Å². The van der Waals surface area contributed by atoms with E-state index < -0.39 is 0 Å². The van der Waals surface area contributed by atoms with E-state index in [4.69, 9.17) is 4.98 Å². The number of nitrogens with zero attached hydrogens (tertiary/aromatic N) is 2. The molecule has 1 heterocycles. The quantitative estimate of drug-likeness (QED) is 0.778. The van der Waals surface area contributed by atoms with Gasteiger partial charge in [-0.3, -0.25) is 0 Å². The van der Waals surface area contributed by atoms with Crippen molar-refractivity contribution in [1.29, 1.82) is 0 Å². The zero-order valence-corrected chi connectivity index (χ0v) is 13.0. The van der Waals surface area contributed by atoms with Crippen LogP contribution in [-0.2, 0) is 0 Å². The summed E-state index contributed by atoms with van der Waals surface area (Å²) in [5.41, 5.74) is 1.10. The summed E-state index contributed by atoms with van der Waals surface area (Å²) >= 11 is 0. The van der Waals surface area contributed by atoms with Gasteiger partial charge in [-0.15, -0.1) is 0 Å². The molecule has 0 amide bonds. The Hall–Kier alpha value is -1.36. The van der Waals surface area contributed by atoms with Crippen LogP contribution in [0, 0.1) is 6.92 Å². The van der Waals surface area contributed by atoms with Gasteiger partial charge >= 0.3 is 0 Å². The van der Waals surface area contributed by atoms with Crippen LogP contribution in [0.15, 0.2) is 0 Å². The predicted octanol–water partition coefficient (Wildman–Crippen LogP) is 2.81. The number of aromatic nitrogens is 2. The summed E-state index contributed by atoms with van der Waals surface area (Å²) in [6.07, 6.45) is 6.11. The topological polar surface area (TPSA) is 70.1 Å². The van der Waals surface area contributed by atoms with E-state index in [1.807, 2.05) is 0 Å². The second-order valence-corrected chi connectivity index (χ2v) is 6.36. The summed E-state index contributed by atoms with van der Waals surface area (Å²) in [6, 6.07) is 0.420. The highest BCUT2D eigenvalue weighted by atomic mass is 16.3. The van der Waals surface area contributed by atoms with Crippen molar-refractivity contribution in [3.05, 3.63) is 11.4 Å². The van der Waals surface area contributed by atoms with Crippen LogP contribution in [0.2, 0.25) is 0 Å². The van der Waals surface area contributed by atoms with Crippen LogP contribution in [0.25, 0.3) is 0 Å². The van der Waals surface area contributed by atoms with Gasteiger partial charge in [-0.1, -0.05) is 0 Å². The lowest BCUT2D eigenvalue weighted by atomic mass is 9.93. The molecule has 116 valence electrons. The number of rotatable bonds is 5. The second-order valence-electron chi connectivity index (χ2n) is 6.36. The van der Waals surface area contributed by atoms with Crippen LogP contribution in [0.5, 0.6) is 0 Å². The van der Waals surface area contributed by atoms with Crippen molar-refractivity contribution in [1.82, 2.24) is 9.97 Å². The van der Waals surface area contributed by atoms with Crippen molar-refractivity contribution in [3.8, 4) is 0 Å². The molecule has 1 aromatic rings. The minimum atomic E-state index is -0.117. The third-order valence-electron chi connectivity index (χ3n) is 4.49. The number of hydrogen-bond donors (Lipinski definition) is 3. The van der Waals surface area contributed by atoms with Gasteiger partial charge in [0.25, 0.3) is 0 Å². The molecule has 3 rings (SSSR count). The molecule has 21 heavy (non-hydrogen) atoms. The van der Waals surface area contributed by atoms with E-state index in [-0.39, 0.29) is 6.10 Å². The monoisotopic (exact) mass is 290 g/mol. The molecule has 2 aliphatic carbocycles. The highest BCUT2D eigenvalue weighted by Crippen LogP contribution is 2.39. The molecule has 0 unspecified atom stereocenters. The Morgan fingerprint density at radius 1 is 1.05 bits per heavy atom. The van der Waals surface area contributed by atoms with Gasteiger partial charge in [0.1, 0.15) is 17.5 Å². The average Bonchev–Trinajstić information content (AvgIpc) is 3.30. The molecule has 0 atom stereocenters. The molecule has 2 fully saturated rings. The van der Waals surface area contributed by atoms with Gasteiger partial charge in [0.15, 0.2) is 0 Å². The van der Waals surface area contributed by atoms with E-state index >= 15 is 0 Å². The first-order chi connectivity index (χ1) is 10.2. The average molecular weight is 290 g/mol. The molecule has 5 heteroatoms. The van der Waals surface area contributed by atoms with Gasteiger partial charge in [0.2, 0.25) is 0 Å². The van der Waals surface area contributed by atoms with Crippen LogP contribution in [-0.4, -0.2) is 33.8 Å². The number of aliphatic hydroxyl groups excluding tert-OH is 1. The van der Waals surface area contributed by atoms with Crippen LogP contribution >= 0.6 is 0 Å². The van der Waals surface area contributed by atoms with Crippen molar-refractivity contribution >= 4 is 11.6 Å². The van der Waals surface area contributed by atoms with Crippen LogP contribution in [0.4, 0.5) is 11.6 Å². The van der Waals surface area contributed by atoms with Gasteiger partial charge in [-0.2, -0.15) is 0 Å². The van der Waals surface area contributed by atoms with E-state index in [0.717, 1.165) is 55.3 Å². The van der Waals surface area contributed by atoms with Crippen molar-refractivity contribution in [3.63, 3.8) is 0 Å². The molecule has 5 nitrogen and oxygen atoms in total. The van der Waals surface area contributed by atoms with E-state index in [0.29, 0.717) is 12.0 Å². The molecule has 0 radical (unpaired) electrons. The van der Waals surface area contributed by atoms with E-state index in [1.165, 1.54) is 12.8 Å². The molecule has 0 bridgehead atoms. The standard InChI is InChI=1S/C16H26N4O/c1-3-17-14-10(2)15(20-16(19-14)11-4-5-11)18-12-6-8-13(21)9-7-12/h11-13,21H,3-9H2,1-2H3,(H2,17,18,19,20). The Morgan fingerprint density at radius 3 is 2.33 bits per heavy atom. The van der Waals surface area contributed by atoms with E-state index in [9.17, 15) is 5.11 Å². The molecular formula is C16H26N4O. The molecule has 2 aliphatic rings. The lowest BCUT2D eigenvalue weighted by Gasteiger charge is -2.27. The zero-order valence-electron chi connectivity index (χ0n) is 13.0. The van der Waals surface area contributed by atoms with Crippen LogP contribution in [0.3, 0.4) is 0 Å². The maximum atomic E-state index is 9.62. The zero-order chi connectivity index (χ0) is 14.8. The van der Waals surface area contributed by atoms with E-state index in [2.05, 4.69) is 29.5 Å². The van der Waals surface area contributed by atoms with Crippen LogP contribution in [0.1, 0.15) is 62.8 Å². The molecule has 3 N–H and O–H groups in total. The van der Waals surface area contributed by atoms with Crippen molar-refractivity contribution in [2.45, 2.75) is 70.4 Å². The fraction of sp³-hybridized carbons (Fsp3) is 0.750. The van der Waals surface area contributed by atoms with Gasteiger partial charge in [0.05, 0.1) is 6.10 Å². The second kappa shape index (κ2) is 6.18. The number of aliphatic hydroxyl groups is 1. The van der Waals surface area contributed by atoms with Gasteiger partial charge in [0, 0.05) is 24.1 Å². The SMILES string of the molecule is CCNc1nc(C2CC2)nc(NC2CCC(O)CC2)c1C. The number of anilines is 2. The minimum Gasteiger partial charge on any atom is -0.393 e. The summed E-state index contributed by atoms with van der Waals surface area (Å²) in [4.78, 5) is 9.45. The predicted molar refractivity (Wildman–Crippen MR) is 84.8 cm³/mol. The number of nitrogens with one attached hydrogen (secondary N) is 2. The smallest absolute Gasteiger partial charge is 0.136 e. The molecule has 1 aromatic heterocycles. The normalized spacial score (nSPS) is 25.7. The molecular weight excluding hydrogens is 264 g/mol. The first kappa shape index (κ1) is 14.6. The maximum absolute atomic E-state index is 9.62. The van der Waals surface area contributed by atoms with Crippen molar-refractivity contribution in [2.75, 3.05) is 17.2 Å². The lowest BCUT2D eigenvalue weighted by Crippen LogP contribution is -2.29. The molecule has 0 saturated heterocycles. The highest BCUT2D eigenvalue weighted by molar-refractivity contribution is 5.58. The Balaban J connectivity index is 1.79. The van der Waals surface area contributed by atoms with Gasteiger partial charge < -0.3 is 15.7 Å². The summed E-state index contributed by atoms with van der Waals surface area (Å²) in [5.74, 6) is 3.48. The summed E-state index contributed by atoms with van der Waals surface area (Å²) in [5, 5.41) is 16.6. The van der Waals surface area contributed by atoms with Crippen molar-refractivity contribution < 1.29 is 5.11 Å². The highest BCUT2D eigenvalue weighted by Gasteiger charge is 2.29. The molecule has 0 aliphatic heterocycles.